The molecule has 2 aromatic carbocycles. The van der Waals surface area contributed by atoms with Gasteiger partial charge in [-0.1, -0.05) is 31.2 Å². The summed E-state index contributed by atoms with van der Waals surface area (Å²) in [5.74, 6) is -0.115. The van der Waals surface area contributed by atoms with E-state index in [1.165, 1.54) is 23.8 Å². The van der Waals surface area contributed by atoms with Gasteiger partial charge in [-0.25, -0.2) is 4.98 Å². The summed E-state index contributed by atoms with van der Waals surface area (Å²) >= 11 is 1.44. The zero-order valence-corrected chi connectivity index (χ0v) is 16.5. The van der Waals surface area contributed by atoms with Gasteiger partial charge in [0.1, 0.15) is 16.6 Å². The number of rotatable bonds is 6. The third kappa shape index (κ3) is 4.84. The number of allylic oxidation sites excluding steroid dienone is 1. The van der Waals surface area contributed by atoms with Gasteiger partial charge in [-0.3, -0.25) is 4.79 Å². The van der Waals surface area contributed by atoms with Gasteiger partial charge < -0.3 is 10.6 Å². The van der Waals surface area contributed by atoms with Crippen molar-refractivity contribution in [2.24, 2.45) is 0 Å². The molecule has 1 amide bonds. The van der Waals surface area contributed by atoms with E-state index in [0.717, 1.165) is 29.1 Å². The molecule has 1 aromatic heterocycles. The first-order valence-corrected chi connectivity index (χ1v) is 9.76. The van der Waals surface area contributed by atoms with E-state index in [1.807, 2.05) is 17.5 Å². The highest BCUT2D eigenvalue weighted by Crippen LogP contribution is 2.26. The number of amides is 1. The van der Waals surface area contributed by atoms with Crippen molar-refractivity contribution < 1.29 is 4.79 Å². The Morgan fingerprint density at radius 3 is 2.43 bits per heavy atom. The van der Waals surface area contributed by atoms with Crippen molar-refractivity contribution in [2.75, 3.05) is 10.6 Å². The molecule has 0 aliphatic heterocycles. The highest BCUT2D eigenvalue weighted by atomic mass is 32.1. The van der Waals surface area contributed by atoms with Crippen molar-refractivity contribution in [3.05, 3.63) is 70.7 Å². The normalized spacial score (nSPS) is 11.0. The maximum atomic E-state index is 11.1. The maximum Gasteiger partial charge on any atom is 0.221 e. The number of hydrogen-bond acceptors (Lipinski definition) is 5. The van der Waals surface area contributed by atoms with Gasteiger partial charge in [-0.2, -0.15) is 5.26 Å². The molecule has 0 atom stereocenters. The summed E-state index contributed by atoms with van der Waals surface area (Å²) in [5, 5.41) is 18.0. The Hall–Kier alpha value is -3.43. The number of carbonyl (C=O) groups excluding carboxylic acids is 1. The molecule has 0 aliphatic rings. The molecule has 5 nitrogen and oxygen atoms in total. The number of carbonyl (C=O) groups is 1. The second kappa shape index (κ2) is 8.98. The molecule has 0 saturated heterocycles. The number of nitriles is 1. The van der Waals surface area contributed by atoms with Gasteiger partial charge in [-0.05, 0) is 36.2 Å². The van der Waals surface area contributed by atoms with E-state index in [9.17, 15) is 10.1 Å². The molecular weight excluding hydrogens is 368 g/mol. The van der Waals surface area contributed by atoms with Gasteiger partial charge in [0.15, 0.2) is 0 Å². The van der Waals surface area contributed by atoms with Crippen molar-refractivity contribution in [1.29, 1.82) is 5.26 Å². The zero-order valence-electron chi connectivity index (χ0n) is 15.7. The van der Waals surface area contributed by atoms with Crippen LogP contribution in [0.1, 0.15) is 24.4 Å². The Kier molecular flexibility index (Phi) is 6.20. The van der Waals surface area contributed by atoms with Gasteiger partial charge in [-0.15, -0.1) is 11.3 Å². The van der Waals surface area contributed by atoms with Crippen LogP contribution in [0.25, 0.3) is 16.8 Å². The zero-order chi connectivity index (χ0) is 19.9. The van der Waals surface area contributed by atoms with E-state index in [0.29, 0.717) is 10.6 Å². The Bertz CT molecular complexity index is 1030. The number of anilines is 2. The maximum absolute atomic E-state index is 11.1. The summed E-state index contributed by atoms with van der Waals surface area (Å²) < 4.78 is 0. The second-order valence-electron chi connectivity index (χ2n) is 6.16. The first kappa shape index (κ1) is 19.3. The standard InChI is InChI=1S/C22H20N4OS/c1-3-16-4-6-17(7-5-16)21-14-28-22(26-21)18(12-23)13-24-19-8-10-20(11-9-19)25-15(2)27/h4-11,13-14,24H,3H2,1-2H3,(H,25,27)/b18-13+. The van der Waals surface area contributed by atoms with Crippen LogP contribution >= 0.6 is 11.3 Å². The van der Waals surface area contributed by atoms with Gasteiger partial charge in [0.2, 0.25) is 5.91 Å². The Balaban J connectivity index is 1.73. The number of aryl methyl sites for hydroxylation is 1. The third-order valence-electron chi connectivity index (χ3n) is 4.10. The van der Waals surface area contributed by atoms with Crippen molar-refractivity contribution in [1.82, 2.24) is 4.98 Å². The topological polar surface area (TPSA) is 77.8 Å². The molecule has 28 heavy (non-hydrogen) atoms. The van der Waals surface area contributed by atoms with Crippen LogP contribution < -0.4 is 10.6 Å². The van der Waals surface area contributed by atoms with Crippen molar-refractivity contribution in [2.45, 2.75) is 20.3 Å². The molecule has 1 heterocycles. The van der Waals surface area contributed by atoms with Gasteiger partial charge in [0.25, 0.3) is 0 Å². The van der Waals surface area contributed by atoms with Crippen LogP contribution in [0.5, 0.6) is 0 Å². The fourth-order valence-corrected chi connectivity index (χ4v) is 3.39. The highest BCUT2D eigenvalue weighted by Gasteiger charge is 2.09. The lowest BCUT2D eigenvalue weighted by molar-refractivity contribution is -0.114. The predicted octanol–water partition coefficient (Wildman–Crippen LogP) is 5.31. The van der Waals surface area contributed by atoms with E-state index in [2.05, 4.69) is 52.9 Å². The van der Waals surface area contributed by atoms with Crippen molar-refractivity contribution >= 4 is 34.2 Å². The third-order valence-corrected chi connectivity index (χ3v) is 4.98. The molecule has 0 fully saturated rings. The number of aromatic nitrogens is 1. The van der Waals surface area contributed by atoms with E-state index in [-0.39, 0.29) is 5.91 Å². The quantitative estimate of drug-likeness (QED) is 0.561. The molecular formula is C22H20N4OS. The fraction of sp³-hybridized carbons (Fsp3) is 0.136. The van der Waals surface area contributed by atoms with Crippen LogP contribution in [0.4, 0.5) is 11.4 Å². The molecule has 0 bridgehead atoms. The molecule has 3 aromatic rings. The summed E-state index contributed by atoms with van der Waals surface area (Å²) in [6.45, 7) is 3.59. The first-order valence-electron chi connectivity index (χ1n) is 8.88. The molecule has 0 unspecified atom stereocenters. The summed E-state index contributed by atoms with van der Waals surface area (Å²) in [7, 11) is 0. The van der Waals surface area contributed by atoms with Crippen LogP contribution in [0.3, 0.4) is 0 Å². The molecule has 0 radical (unpaired) electrons. The summed E-state index contributed by atoms with van der Waals surface area (Å²) in [5.41, 5.74) is 5.19. The summed E-state index contributed by atoms with van der Waals surface area (Å²) in [6.07, 6.45) is 2.65. The lowest BCUT2D eigenvalue weighted by atomic mass is 10.1. The molecule has 140 valence electrons. The van der Waals surface area contributed by atoms with E-state index in [4.69, 9.17) is 0 Å². The largest absolute Gasteiger partial charge is 0.360 e. The van der Waals surface area contributed by atoms with Crippen molar-refractivity contribution in [3.8, 4) is 17.3 Å². The Labute approximate surface area is 168 Å². The number of nitrogens with one attached hydrogen (secondary N) is 2. The Morgan fingerprint density at radius 2 is 1.82 bits per heavy atom. The molecule has 2 N–H and O–H groups in total. The minimum absolute atomic E-state index is 0.115. The molecule has 3 rings (SSSR count). The number of hydrogen-bond donors (Lipinski definition) is 2. The van der Waals surface area contributed by atoms with E-state index < -0.39 is 0 Å². The highest BCUT2D eigenvalue weighted by molar-refractivity contribution is 7.11. The SMILES string of the molecule is CCc1ccc(-c2csc(/C(C#N)=C/Nc3ccc(NC(C)=O)cc3)n2)cc1. The minimum atomic E-state index is -0.115. The van der Waals surface area contributed by atoms with E-state index >= 15 is 0 Å². The predicted molar refractivity (Wildman–Crippen MR) is 115 cm³/mol. The molecule has 6 heteroatoms. The monoisotopic (exact) mass is 388 g/mol. The average molecular weight is 388 g/mol. The van der Waals surface area contributed by atoms with Crippen LogP contribution in [0, 0.1) is 11.3 Å². The van der Waals surface area contributed by atoms with E-state index in [1.54, 1.807) is 18.3 Å². The number of nitrogens with zero attached hydrogens (tertiary/aromatic N) is 2. The average Bonchev–Trinajstić information content (AvgIpc) is 3.19. The van der Waals surface area contributed by atoms with Crippen LogP contribution in [-0.2, 0) is 11.2 Å². The number of thiazole rings is 1. The smallest absolute Gasteiger partial charge is 0.221 e. The summed E-state index contributed by atoms with van der Waals surface area (Å²) in [4.78, 5) is 15.7. The van der Waals surface area contributed by atoms with Gasteiger partial charge >= 0.3 is 0 Å². The van der Waals surface area contributed by atoms with Gasteiger partial charge in [0.05, 0.1) is 5.69 Å². The van der Waals surface area contributed by atoms with Crippen LogP contribution in [-0.4, -0.2) is 10.9 Å². The molecule has 0 spiro atoms. The van der Waals surface area contributed by atoms with Gasteiger partial charge in [0, 0.05) is 35.4 Å². The van der Waals surface area contributed by atoms with Crippen LogP contribution in [0.15, 0.2) is 60.1 Å². The lowest BCUT2D eigenvalue weighted by Crippen LogP contribution is -2.05. The fourth-order valence-electron chi connectivity index (χ4n) is 2.59. The molecule has 0 aliphatic carbocycles. The Morgan fingerprint density at radius 1 is 1.14 bits per heavy atom. The number of benzene rings is 2. The van der Waals surface area contributed by atoms with Crippen LogP contribution in [0.2, 0.25) is 0 Å². The lowest BCUT2D eigenvalue weighted by Gasteiger charge is -2.04. The summed E-state index contributed by atoms with van der Waals surface area (Å²) in [6, 6.07) is 17.8. The second-order valence-corrected chi connectivity index (χ2v) is 7.02. The van der Waals surface area contributed by atoms with Crippen molar-refractivity contribution in [3.63, 3.8) is 0 Å². The minimum Gasteiger partial charge on any atom is -0.360 e. The molecule has 0 saturated carbocycles. The first-order chi connectivity index (χ1) is 13.6.